The summed E-state index contributed by atoms with van der Waals surface area (Å²) in [4.78, 5) is 38.5. The van der Waals surface area contributed by atoms with Gasteiger partial charge in [0.25, 0.3) is 11.1 Å². The quantitative estimate of drug-likeness (QED) is 0.582. The summed E-state index contributed by atoms with van der Waals surface area (Å²) in [7, 11) is 1.57. The van der Waals surface area contributed by atoms with Crippen molar-refractivity contribution >= 4 is 34.9 Å². The number of benzene rings is 2. The summed E-state index contributed by atoms with van der Waals surface area (Å²) >= 11 is 0.854. The molecule has 0 radical (unpaired) electrons. The van der Waals surface area contributed by atoms with Crippen LogP contribution in [0.4, 0.5) is 4.79 Å². The zero-order valence-electron chi connectivity index (χ0n) is 17.1. The Bertz CT molecular complexity index is 960. The fourth-order valence-corrected chi connectivity index (χ4v) is 3.98. The number of ether oxygens (including phenoxy) is 1. The van der Waals surface area contributed by atoms with Crippen molar-refractivity contribution in [2.75, 3.05) is 20.3 Å². The lowest BCUT2D eigenvalue weighted by molar-refractivity contribution is -0.124. The predicted octanol–water partition coefficient (Wildman–Crippen LogP) is 2.84. The summed E-state index contributed by atoms with van der Waals surface area (Å²) in [5.41, 5.74) is 1.77. The normalized spacial score (nSPS) is 15.9. The zero-order chi connectivity index (χ0) is 22.2. The van der Waals surface area contributed by atoms with Gasteiger partial charge in [0, 0.05) is 13.0 Å². The Hall–Kier alpha value is -3.10. The number of amides is 3. The third kappa shape index (κ3) is 6.19. The second kappa shape index (κ2) is 10.8. The molecule has 0 saturated carbocycles. The molecular formula is C23H24N2O5S. The Morgan fingerprint density at radius 3 is 2.52 bits per heavy atom. The van der Waals surface area contributed by atoms with Crippen molar-refractivity contribution in [2.24, 2.45) is 0 Å². The molecule has 2 N–H and O–H groups in total. The molecule has 7 nitrogen and oxygen atoms in total. The van der Waals surface area contributed by atoms with Gasteiger partial charge in [-0.25, -0.2) is 0 Å². The number of hydrogen-bond acceptors (Lipinski definition) is 6. The number of carbonyl (C=O) groups is 3. The summed E-state index contributed by atoms with van der Waals surface area (Å²) in [5, 5.41) is 11.9. The van der Waals surface area contributed by atoms with E-state index >= 15 is 0 Å². The van der Waals surface area contributed by atoms with Crippen molar-refractivity contribution in [1.29, 1.82) is 0 Å². The van der Waals surface area contributed by atoms with Crippen LogP contribution in [0.5, 0.6) is 5.75 Å². The number of aliphatic hydroxyl groups is 1. The SMILES string of the molecule is COc1ccc(C=C2SC(=O)N(CCC(=O)NC(CO)Cc3ccccc3)C2=O)cc1. The van der Waals surface area contributed by atoms with E-state index in [1.807, 2.05) is 30.3 Å². The number of imide groups is 1. The standard InChI is InChI=1S/C23H24N2O5S/c1-30-19-9-7-17(8-10-19)14-20-22(28)25(23(29)31-20)12-11-21(27)24-18(15-26)13-16-5-3-2-4-6-16/h2-10,14,18,26H,11-13,15H2,1H3,(H,24,27). The molecule has 1 aliphatic heterocycles. The maximum absolute atomic E-state index is 12.6. The highest BCUT2D eigenvalue weighted by molar-refractivity contribution is 8.18. The van der Waals surface area contributed by atoms with Crippen LogP contribution < -0.4 is 10.1 Å². The molecular weight excluding hydrogens is 416 g/mol. The number of carbonyl (C=O) groups excluding carboxylic acids is 3. The molecule has 1 heterocycles. The maximum atomic E-state index is 12.6. The number of aliphatic hydroxyl groups excluding tert-OH is 1. The van der Waals surface area contributed by atoms with Crippen molar-refractivity contribution < 1.29 is 24.2 Å². The Morgan fingerprint density at radius 1 is 1.16 bits per heavy atom. The molecule has 8 heteroatoms. The third-order valence-electron chi connectivity index (χ3n) is 4.76. The van der Waals surface area contributed by atoms with Gasteiger partial charge >= 0.3 is 0 Å². The summed E-state index contributed by atoms with van der Waals surface area (Å²) < 4.78 is 5.11. The minimum absolute atomic E-state index is 0.0140. The molecule has 3 amide bonds. The highest BCUT2D eigenvalue weighted by atomic mass is 32.2. The van der Waals surface area contributed by atoms with Crippen molar-refractivity contribution in [3.63, 3.8) is 0 Å². The van der Waals surface area contributed by atoms with Gasteiger partial charge in [0.2, 0.25) is 5.91 Å². The first-order valence-electron chi connectivity index (χ1n) is 9.83. The van der Waals surface area contributed by atoms with Gasteiger partial charge in [-0.15, -0.1) is 0 Å². The zero-order valence-corrected chi connectivity index (χ0v) is 17.9. The fourth-order valence-electron chi connectivity index (χ4n) is 3.12. The highest BCUT2D eigenvalue weighted by Gasteiger charge is 2.35. The second-order valence-corrected chi connectivity index (χ2v) is 7.99. The highest BCUT2D eigenvalue weighted by Crippen LogP contribution is 2.32. The summed E-state index contributed by atoms with van der Waals surface area (Å²) in [5.74, 6) is -0.0421. The predicted molar refractivity (Wildman–Crippen MR) is 119 cm³/mol. The number of hydrogen-bond donors (Lipinski definition) is 2. The molecule has 31 heavy (non-hydrogen) atoms. The maximum Gasteiger partial charge on any atom is 0.293 e. The van der Waals surface area contributed by atoms with Crippen molar-refractivity contribution in [3.8, 4) is 5.75 Å². The van der Waals surface area contributed by atoms with Crippen LogP contribution in [0.1, 0.15) is 17.5 Å². The minimum Gasteiger partial charge on any atom is -0.497 e. The van der Waals surface area contributed by atoms with Gasteiger partial charge in [0.1, 0.15) is 5.75 Å². The van der Waals surface area contributed by atoms with Gasteiger partial charge in [0.15, 0.2) is 0 Å². The minimum atomic E-state index is -0.431. The Balaban J connectivity index is 1.54. The summed E-state index contributed by atoms with van der Waals surface area (Å²) in [6, 6.07) is 16.2. The molecule has 3 rings (SSSR count). The molecule has 0 aromatic heterocycles. The van der Waals surface area contributed by atoms with Gasteiger partial charge in [-0.1, -0.05) is 42.5 Å². The molecule has 2 aromatic carbocycles. The van der Waals surface area contributed by atoms with E-state index in [2.05, 4.69) is 5.32 Å². The van der Waals surface area contributed by atoms with Crippen LogP contribution in [0.15, 0.2) is 59.5 Å². The number of methoxy groups -OCH3 is 1. The molecule has 0 bridgehead atoms. The van der Waals surface area contributed by atoms with Crippen LogP contribution in [0.2, 0.25) is 0 Å². The molecule has 2 aromatic rings. The molecule has 0 spiro atoms. The number of rotatable bonds is 9. The van der Waals surface area contributed by atoms with Gasteiger partial charge in [-0.3, -0.25) is 19.3 Å². The van der Waals surface area contributed by atoms with Gasteiger partial charge < -0.3 is 15.2 Å². The average Bonchev–Trinajstić information content (AvgIpc) is 3.05. The van der Waals surface area contributed by atoms with E-state index in [9.17, 15) is 19.5 Å². The van der Waals surface area contributed by atoms with Crippen LogP contribution in [-0.2, 0) is 16.0 Å². The third-order valence-corrected chi connectivity index (χ3v) is 5.67. The van der Waals surface area contributed by atoms with Crippen LogP contribution >= 0.6 is 11.8 Å². The van der Waals surface area contributed by atoms with Crippen molar-refractivity contribution in [1.82, 2.24) is 10.2 Å². The number of nitrogens with one attached hydrogen (secondary N) is 1. The smallest absolute Gasteiger partial charge is 0.293 e. The summed E-state index contributed by atoms with van der Waals surface area (Å²) in [6.45, 7) is -0.216. The van der Waals surface area contributed by atoms with Gasteiger partial charge in [0.05, 0.1) is 24.7 Å². The van der Waals surface area contributed by atoms with E-state index in [0.29, 0.717) is 17.1 Å². The van der Waals surface area contributed by atoms with E-state index in [1.54, 1.807) is 37.5 Å². The fraction of sp³-hybridized carbons (Fsp3) is 0.261. The molecule has 1 saturated heterocycles. The topological polar surface area (TPSA) is 95.9 Å². The molecule has 0 aliphatic carbocycles. The van der Waals surface area contributed by atoms with E-state index in [1.165, 1.54) is 0 Å². The lowest BCUT2D eigenvalue weighted by Gasteiger charge is -2.18. The van der Waals surface area contributed by atoms with Gasteiger partial charge in [-0.05, 0) is 47.5 Å². The van der Waals surface area contributed by atoms with E-state index in [4.69, 9.17) is 4.74 Å². The number of thioether (sulfide) groups is 1. The van der Waals surface area contributed by atoms with E-state index in [-0.39, 0.29) is 25.5 Å². The first-order valence-corrected chi connectivity index (χ1v) is 10.7. The first-order chi connectivity index (χ1) is 15.0. The lowest BCUT2D eigenvalue weighted by atomic mass is 10.1. The monoisotopic (exact) mass is 440 g/mol. The Labute approximate surface area is 185 Å². The second-order valence-electron chi connectivity index (χ2n) is 6.99. The van der Waals surface area contributed by atoms with E-state index < -0.39 is 17.2 Å². The van der Waals surface area contributed by atoms with Crippen molar-refractivity contribution in [2.45, 2.75) is 18.9 Å². The number of nitrogens with zero attached hydrogens (tertiary/aromatic N) is 1. The van der Waals surface area contributed by atoms with Crippen LogP contribution in [-0.4, -0.2) is 53.4 Å². The average molecular weight is 441 g/mol. The van der Waals surface area contributed by atoms with Gasteiger partial charge in [-0.2, -0.15) is 0 Å². The molecule has 1 unspecified atom stereocenters. The van der Waals surface area contributed by atoms with Crippen LogP contribution in [0.3, 0.4) is 0 Å². The van der Waals surface area contributed by atoms with Crippen molar-refractivity contribution in [3.05, 3.63) is 70.6 Å². The van der Waals surface area contributed by atoms with Crippen LogP contribution in [0.25, 0.3) is 6.08 Å². The largest absolute Gasteiger partial charge is 0.497 e. The van der Waals surface area contributed by atoms with Crippen LogP contribution in [0, 0.1) is 0 Å². The lowest BCUT2D eigenvalue weighted by Crippen LogP contribution is -2.41. The molecule has 1 aliphatic rings. The molecule has 1 atom stereocenters. The molecule has 162 valence electrons. The summed E-state index contributed by atoms with van der Waals surface area (Å²) in [6.07, 6.45) is 2.11. The Morgan fingerprint density at radius 2 is 1.87 bits per heavy atom. The molecule has 1 fully saturated rings. The first kappa shape index (κ1) is 22.6. The van der Waals surface area contributed by atoms with E-state index in [0.717, 1.165) is 27.8 Å². The Kier molecular flexibility index (Phi) is 7.86.